The van der Waals surface area contributed by atoms with Gasteiger partial charge in [-0.2, -0.15) is 0 Å². The lowest BCUT2D eigenvalue weighted by molar-refractivity contribution is 0.0520. The Balaban J connectivity index is 2.39. The minimum absolute atomic E-state index is 0.0388. The number of rotatable bonds is 3. The topological polar surface area (TPSA) is 63.8 Å². The van der Waals surface area contributed by atoms with E-state index in [9.17, 15) is 4.79 Å². The maximum Gasteiger partial charge on any atom is 0.358 e. The number of hydrogen-bond acceptors (Lipinski definition) is 4. The summed E-state index contributed by atoms with van der Waals surface area (Å²) in [5.74, 6) is -0.434. The highest BCUT2D eigenvalue weighted by Crippen LogP contribution is 2.08. The third-order valence-corrected chi connectivity index (χ3v) is 2.18. The predicted octanol–water partition coefficient (Wildman–Crippen LogP) is 1.00. The summed E-state index contributed by atoms with van der Waals surface area (Å²) in [4.78, 5) is 15.5. The van der Waals surface area contributed by atoms with E-state index in [-0.39, 0.29) is 12.3 Å². The average Bonchev–Trinajstić information content (AvgIpc) is 2.71. The smallest absolute Gasteiger partial charge is 0.358 e. The molecule has 0 aliphatic carbocycles. The summed E-state index contributed by atoms with van der Waals surface area (Å²) >= 11 is 0. The van der Waals surface area contributed by atoms with Gasteiger partial charge in [0.1, 0.15) is 5.65 Å². The molecule has 0 atom stereocenters. The molecule has 0 unspecified atom stereocenters. The van der Waals surface area contributed by atoms with Crippen LogP contribution in [-0.4, -0.2) is 27.1 Å². The van der Waals surface area contributed by atoms with Gasteiger partial charge in [-0.25, -0.2) is 9.78 Å². The van der Waals surface area contributed by atoms with Crippen molar-refractivity contribution in [2.75, 3.05) is 6.61 Å². The van der Waals surface area contributed by atoms with Gasteiger partial charge in [-0.15, -0.1) is 0 Å². The van der Waals surface area contributed by atoms with Gasteiger partial charge in [0.15, 0.2) is 5.69 Å². The third-order valence-electron chi connectivity index (χ3n) is 2.18. The molecule has 0 fully saturated rings. The van der Waals surface area contributed by atoms with Gasteiger partial charge >= 0.3 is 5.97 Å². The Morgan fingerprint density at radius 3 is 3.00 bits per heavy atom. The number of fused-ring (bicyclic) bond motifs is 1. The van der Waals surface area contributed by atoms with E-state index >= 15 is 0 Å². The molecule has 1 N–H and O–H groups in total. The standard InChI is InChI=1S/C11H12N2O3/c1-2-16-11(15)9-6-13-5-8(7-14)3-4-10(13)12-9/h3-6,14H,2,7H2,1H3. The van der Waals surface area contributed by atoms with Crippen LogP contribution in [0.5, 0.6) is 0 Å². The van der Waals surface area contributed by atoms with Gasteiger partial charge in [0.2, 0.25) is 0 Å². The summed E-state index contributed by atoms with van der Waals surface area (Å²) in [6, 6.07) is 3.51. The summed E-state index contributed by atoms with van der Waals surface area (Å²) < 4.78 is 6.54. The lowest BCUT2D eigenvalue weighted by Crippen LogP contribution is -2.04. The zero-order valence-corrected chi connectivity index (χ0v) is 8.88. The van der Waals surface area contributed by atoms with Crippen molar-refractivity contribution in [2.45, 2.75) is 13.5 Å². The van der Waals surface area contributed by atoms with Crippen LogP contribution in [0.4, 0.5) is 0 Å². The molecule has 0 aliphatic heterocycles. The quantitative estimate of drug-likeness (QED) is 0.784. The molecule has 2 rings (SSSR count). The van der Waals surface area contributed by atoms with Crippen LogP contribution >= 0.6 is 0 Å². The van der Waals surface area contributed by atoms with E-state index in [2.05, 4.69) is 4.98 Å². The molecule has 16 heavy (non-hydrogen) atoms. The normalized spacial score (nSPS) is 10.6. The number of carbonyl (C=O) groups is 1. The minimum atomic E-state index is -0.434. The fraction of sp³-hybridized carbons (Fsp3) is 0.273. The third kappa shape index (κ3) is 1.90. The molecule has 0 aromatic carbocycles. The number of pyridine rings is 1. The highest BCUT2D eigenvalue weighted by atomic mass is 16.5. The fourth-order valence-corrected chi connectivity index (χ4v) is 1.43. The van der Waals surface area contributed by atoms with E-state index in [1.165, 1.54) is 0 Å². The first-order valence-corrected chi connectivity index (χ1v) is 5.00. The van der Waals surface area contributed by atoms with Crippen LogP contribution in [0.2, 0.25) is 0 Å². The molecule has 0 spiro atoms. The van der Waals surface area contributed by atoms with Crippen LogP contribution in [0, 0.1) is 0 Å². The van der Waals surface area contributed by atoms with E-state index in [1.54, 1.807) is 35.9 Å². The fourth-order valence-electron chi connectivity index (χ4n) is 1.43. The van der Waals surface area contributed by atoms with Crippen molar-refractivity contribution >= 4 is 11.6 Å². The van der Waals surface area contributed by atoms with Crippen molar-refractivity contribution in [1.82, 2.24) is 9.38 Å². The van der Waals surface area contributed by atoms with E-state index in [4.69, 9.17) is 9.84 Å². The summed E-state index contributed by atoms with van der Waals surface area (Å²) in [6.07, 6.45) is 3.32. The lowest BCUT2D eigenvalue weighted by Gasteiger charge is -1.96. The van der Waals surface area contributed by atoms with Crippen LogP contribution < -0.4 is 0 Å². The maximum absolute atomic E-state index is 11.4. The monoisotopic (exact) mass is 220 g/mol. The molecule has 2 aromatic rings. The van der Waals surface area contributed by atoms with Gasteiger partial charge in [0.25, 0.3) is 0 Å². The number of aromatic nitrogens is 2. The van der Waals surface area contributed by atoms with Crippen LogP contribution in [0.15, 0.2) is 24.5 Å². The number of nitrogens with zero attached hydrogens (tertiary/aromatic N) is 2. The molecular weight excluding hydrogens is 208 g/mol. The molecule has 0 bridgehead atoms. The predicted molar refractivity (Wildman–Crippen MR) is 57.1 cm³/mol. The maximum atomic E-state index is 11.4. The second-order valence-corrected chi connectivity index (χ2v) is 3.31. The van der Waals surface area contributed by atoms with Gasteiger partial charge in [-0.3, -0.25) is 0 Å². The van der Waals surface area contributed by atoms with Gasteiger partial charge < -0.3 is 14.2 Å². The highest BCUT2D eigenvalue weighted by Gasteiger charge is 2.11. The van der Waals surface area contributed by atoms with Crippen LogP contribution in [0.25, 0.3) is 5.65 Å². The zero-order valence-electron chi connectivity index (χ0n) is 8.88. The van der Waals surface area contributed by atoms with E-state index < -0.39 is 5.97 Å². The minimum Gasteiger partial charge on any atom is -0.461 e. The Morgan fingerprint density at radius 1 is 1.50 bits per heavy atom. The molecule has 84 valence electrons. The first-order valence-electron chi connectivity index (χ1n) is 5.00. The van der Waals surface area contributed by atoms with Crippen molar-refractivity contribution in [3.8, 4) is 0 Å². The van der Waals surface area contributed by atoms with Crippen molar-refractivity contribution in [3.63, 3.8) is 0 Å². The Hall–Kier alpha value is -1.88. The van der Waals surface area contributed by atoms with Crippen molar-refractivity contribution in [3.05, 3.63) is 35.8 Å². The SMILES string of the molecule is CCOC(=O)c1cn2cc(CO)ccc2n1. The van der Waals surface area contributed by atoms with Crippen LogP contribution in [-0.2, 0) is 11.3 Å². The van der Waals surface area contributed by atoms with Gasteiger partial charge in [-0.05, 0) is 18.6 Å². The van der Waals surface area contributed by atoms with E-state index in [0.717, 1.165) is 5.56 Å². The largest absolute Gasteiger partial charge is 0.461 e. The van der Waals surface area contributed by atoms with E-state index in [1.807, 2.05) is 0 Å². The Kier molecular flexibility index (Phi) is 2.87. The molecule has 0 radical (unpaired) electrons. The molecule has 0 amide bonds. The van der Waals surface area contributed by atoms with E-state index in [0.29, 0.717) is 12.3 Å². The first-order chi connectivity index (χ1) is 7.74. The number of aliphatic hydroxyl groups is 1. The number of hydrogen-bond donors (Lipinski definition) is 1. The average molecular weight is 220 g/mol. The lowest BCUT2D eigenvalue weighted by atomic mass is 10.3. The Labute approximate surface area is 92.3 Å². The number of esters is 1. The Morgan fingerprint density at radius 2 is 2.31 bits per heavy atom. The van der Waals surface area contributed by atoms with Gasteiger partial charge in [0, 0.05) is 12.4 Å². The molecule has 0 saturated carbocycles. The number of carbonyl (C=O) groups excluding carboxylic acids is 1. The van der Waals surface area contributed by atoms with Gasteiger partial charge in [-0.1, -0.05) is 6.07 Å². The van der Waals surface area contributed by atoms with Gasteiger partial charge in [0.05, 0.1) is 13.2 Å². The number of ether oxygens (including phenoxy) is 1. The summed E-state index contributed by atoms with van der Waals surface area (Å²) in [5, 5.41) is 8.97. The van der Waals surface area contributed by atoms with Crippen molar-refractivity contribution < 1.29 is 14.6 Å². The summed E-state index contributed by atoms with van der Waals surface area (Å²) in [7, 11) is 0. The second-order valence-electron chi connectivity index (χ2n) is 3.31. The molecule has 2 aromatic heterocycles. The first kappa shape index (κ1) is 10.6. The molecule has 0 saturated heterocycles. The van der Waals surface area contributed by atoms with Crippen LogP contribution in [0.1, 0.15) is 23.0 Å². The van der Waals surface area contributed by atoms with Crippen molar-refractivity contribution in [2.24, 2.45) is 0 Å². The molecular formula is C11H12N2O3. The molecule has 5 nitrogen and oxygen atoms in total. The highest BCUT2D eigenvalue weighted by molar-refractivity contribution is 5.87. The Bertz CT molecular complexity index is 519. The van der Waals surface area contributed by atoms with Crippen molar-refractivity contribution in [1.29, 1.82) is 0 Å². The number of aliphatic hydroxyl groups excluding tert-OH is 1. The second kappa shape index (κ2) is 4.32. The molecule has 0 aliphatic rings. The summed E-state index contributed by atoms with van der Waals surface area (Å²) in [6.45, 7) is 2.04. The summed E-state index contributed by atoms with van der Waals surface area (Å²) in [5.41, 5.74) is 1.69. The zero-order chi connectivity index (χ0) is 11.5. The van der Waals surface area contributed by atoms with Crippen LogP contribution in [0.3, 0.4) is 0 Å². The molecule has 5 heteroatoms. The number of imidazole rings is 1. The molecule has 2 heterocycles.